The van der Waals surface area contributed by atoms with E-state index in [1.807, 2.05) is 6.07 Å². The minimum Gasteiger partial charge on any atom is -0.497 e. The summed E-state index contributed by atoms with van der Waals surface area (Å²) < 4.78 is 5.40. The van der Waals surface area contributed by atoms with Crippen LogP contribution in [0.5, 0.6) is 5.75 Å². The van der Waals surface area contributed by atoms with E-state index in [4.69, 9.17) is 4.74 Å². The van der Waals surface area contributed by atoms with Crippen molar-refractivity contribution in [2.24, 2.45) is 5.92 Å². The van der Waals surface area contributed by atoms with Gasteiger partial charge in [-0.05, 0) is 59.6 Å². The molecule has 2 aliphatic carbocycles. The van der Waals surface area contributed by atoms with E-state index in [9.17, 15) is 5.11 Å². The molecule has 0 aromatic heterocycles. The molecule has 26 heavy (non-hydrogen) atoms. The molecule has 1 saturated carbocycles. The van der Waals surface area contributed by atoms with Gasteiger partial charge in [0.25, 0.3) is 0 Å². The Bertz CT molecular complexity index is 769. The number of benzene rings is 2. The molecule has 2 N–H and O–H groups in total. The summed E-state index contributed by atoms with van der Waals surface area (Å²) in [5.41, 5.74) is 4.87. The standard InChI is InChI=1S/C23H29NO2/c1-26-21-9-8-20-10-11-23(16-25,22(20)14-21)24-15-19-7-3-6-18(13-19)12-17-4-2-5-17/h3,6-9,13-14,17,24-25H,2,4-5,10-12,15-16H2,1H3. The zero-order valence-corrected chi connectivity index (χ0v) is 15.6. The second-order valence-electron chi connectivity index (χ2n) is 7.94. The maximum absolute atomic E-state index is 10.2. The van der Waals surface area contributed by atoms with Crippen LogP contribution in [0.2, 0.25) is 0 Å². The van der Waals surface area contributed by atoms with Crippen LogP contribution in [0.15, 0.2) is 42.5 Å². The van der Waals surface area contributed by atoms with Gasteiger partial charge in [-0.3, -0.25) is 0 Å². The average Bonchev–Trinajstić information content (AvgIpc) is 3.02. The summed E-state index contributed by atoms with van der Waals surface area (Å²) in [6, 6.07) is 15.2. The SMILES string of the molecule is COc1ccc2c(c1)C(CO)(NCc1cccc(CC3CCC3)c1)CC2. The van der Waals surface area contributed by atoms with Crippen molar-refractivity contribution in [1.82, 2.24) is 5.32 Å². The quantitative estimate of drug-likeness (QED) is 0.793. The number of ether oxygens (including phenoxy) is 1. The Morgan fingerprint density at radius 2 is 2.00 bits per heavy atom. The van der Waals surface area contributed by atoms with Gasteiger partial charge >= 0.3 is 0 Å². The van der Waals surface area contributed by atoms with E-state index in [0.717, 1.165) is 31.1 Å². The van der Waals surface area contributed by atoms with Crippen molar-refractivity contribution in [3.63, 3.8) is 0 Å². The number of aliphatic hydroxyl groups excluding tert-OH is 1. The molecule has 0 saturated heterocycles. The summed E-state index contributed by atoms with van der Waals surface area (Å²) >= 11 is 0. The zero-order valence-electron chi connectivity index (χ0n) is 15.6. The van der Waals surface area contributed by atoms with Crippen molar-refractivity contribution in [2.45, 2.75) is 50.6 Å². The second-order valence-corrected chi connectivity index (χ2v) is 7.94. The van der Waals surface area contributed by atoms with E-state index in [1.54, 1.807) is 7.11 Å². The first-order valence-corrected chi connectivity index (χ1v) is 9.83. The zero-order chi connectivity index (χ0) is 18.0. The van der Waals surface area contributed by atoms with Gasteiger partial charge in [-0.15, -0.1) is 0 Å². The van der Waals surface area contributed by atoms with Crippen molar-refractivity contribution >= 4 is 0 Å². The molecular weight excluding hydrogens is 322 g/mol. The third-order valence-electron chi connectivity index (χ3n) is 6.30. The van der Waals surface area contributed by atoms with Crippen LogP contribution in [0.4, 0.5) is 0 Å². The van der Waals surface area contributed by atoms with Gasteiger partial charge in [0.1, 0.15) is 5.75 Å². The molecule has 4 rings (SSSR count). The Morgan fingerprint density at radius 3 is 2.73 bits per heavy atom. The van der Waals surface area contributed by atoms with Crippen LogP contribution in [0.3, 0.4) is 0 Å². The molecule has 2 aromatic rings. The normalized spacial score (nSPS) is 22.1. The molecule has 0 heterocycles. The fourth-order valence-corrected chi connectivity index (χ4v) is 4.40. The first kappa shape index (κ1) is 17.6. The lowest BCUT2D eigenvalue weighted by Gasteiger charge is -2.30. The lowest BCUT2D eigenvalue weighted by atomic mass is 9.81. The minimum atomic E-state index is -0.367. The molecule has 1 fully saturated rings. The maximum Gasteiger partial charge on any atom is 0.119 e. The number of fused-ring (bicyclic) bond motifs is 1. The number of aliphatic hydroxyl groups is 1. The molecule has 1 unspecified atom stereocenters. The molecule has 1 atom stereocenters. The van der Waals surface area contributed by atoms with Crippen LogP contribution in [-0.4, -0.2) is 18.8 Å². The topological polar surface area (TPSA) is 41.5 Å². The lowest BCUT2D eigenvalue weighted by Crippen LogP contribution is -2.43. The smallest absolute Gasteiger partial charge is 0.119 e. The van der Waals surface area contributed by atoms with Gasteiger partial charge in [-0.1, -0.05) is 49.6 Å². The van der Waals surface area contributed by atoms with Crippen LogP contribution in [0.1, 0.15) is 47.9 Å². The van der Waals surface area contributed by atoms with Gasteiger partial charge in [0, 0.05) is 6.54 Å². The summed E-state index contributed by atoms with van der Waals surface area (Å²) in [6.07, 6.45) is 7.29. The highest BCUT2D eigenvalue weighted by atomic mass is 16.5. The van der Waals surface area contributed by atoms with Crippen molar-refractivity contribution in [3.05, 3.63) is 64.7 Å². The monoisotopic (exact) mass is 351 g/mol. The Labute approximate surface area is 156 Å². The fourth-order valence-electron chi connectivity index (χ4n) is 4.40. The molecule has 0 spiro atoms. The summed E-state index contributed by atoms with van der Waals surface area (Å²) in [6.45, 7) is 0.880. The highest BCUT2D eigenvalue weighted by Crippen LogP contribution is 2.39. The summed E-state index contributed by atoms with van der Waals surface area (Å²) in [7, 11) is 1.69. The number of aryl methyl sites for hydroxylation is 1. The van der Waals surface area contributed by atoms with E-state index in [1.165, 1.54) is 47.9 Å². The second kappa shape index (κ2) is 7.42. The number of rotatable bonds is 7. The minimum absolute atomic E-state index is 0.106. The molecule has 138 valence electrons. The largest absolute Gasteiger partial charge is 0.497 e. The van der Waals surface area contributed by atoms with Crippen LogP contribution in [0, 0.1) is 5.92 Å². The van der Waals surface area contributed by atoms with Crippen LogP contribution >= 0.6 is 0 Å². The molecular formula is C23H29NO2. The number of hydrogen-bond donors (Lipinski definition) is 2. The van der Waals surface area contributed by atoms with Gasteiger partial charge in [-0.2, -0.15) is 0 Å². The van der Waals surface area contributed by atoms with Crippen LogP contribution < -0.4 is 10.1 Å². The Balaban J connectivity index is 1.49. The maximum atomic E-state index is 10.2. The van der Waals surface area contributed by atoms with E-state index in [-0.39, 0.29) is 12.1 Å². The van der Waals surface area contributed by atoms with E-state index >= 15 is 0 Å². The lowest BCUT2D eigenvalue weighted by molar-refractivity contribution is 0.158. The summed E-state index contributed by atoms with van der Waals surface area (Å²) in [4.78, 5) is 0. The molecule has 3 heteroatoms. The summed E-state index contributed by atoms with van der Waals surface area (Å²) in [5, 5.41) is 13.9. The van der Waals surface area contributed by atoms with Gasteiger partial charge in [0.05, 0.1) is 19.3 Å². The van der Waals surface area contributed by atoms with Crippen molar-refractivity contribution < 1.29 is 9.84 Å². The molecule has 3 nitrogen and oxygen atoms in total. The van der Waals surface area contributed by atoms with E-state index < -0.39 is 0 Å². The van der Waals surface area contributed by atoms with Crippen molar-refractivity contribution in [2.75, 3.05) is 13.7 Å². The molecule has 2 aromatic carbocycles. The first-order chi connectivity index (χ1) is 12.7. The third-order valence-corrected chi connectivity index (χ3v) is 6.30. The van der Waals surface area contributed by atoms with Crippen molar-refractivity contribution in [3.8, 4) is 5.75 Å². The van der Waals surface area contributed by atoms with Gasteiger partial charge in [-0.25, -0.2) is 0 Å². The third kappa shape index (κ3) is 3.38. The Kier molecular flexibility index (Phi) is 5.01. The summed E-state index contributed by atoms with van der Waals surface area (Å²) in [5.74, 6) is 1.74. The Morgan fingerprint density at radius 1 is 1.15 bits per heavy atom. The van der Waals surface area contributed by atoms with Gasteiger partial charge < -0.3 is 15.2 Å². The predicted molar refractivity (Wildman–Crippen MR) is 104 cm³/mol. The van der Waals surface area contributed by atoms with Crippen molar-refractivity contribution in [1.29, 1.82) is 0 Å². The molecule has 0 radical (unpaired) electrons. The molecule has 0 bridgehead atoms. The van der Waals surface area contributed by atoms with E-state index in [2.05, 4.69) is 41.7 Å². The predicted octanol–water partition coefficient (Wildman–Crippen LogP) is 3.96. The molecule has 0 amide bonds. The number of hydrogen-bond acceptors (Lipinski definition) is 3. The van der Waals surface area contributed by atoms with Gasteiger partial charge in [0.15, 0.2) is 0 Å². The highest BCUT2D eigenvalue weighted by molar-refractivity contribution is 5.44. The van der Waals surface area contributed by atoms with Gasteiger partial charge in [0.2, 0.25) is 0 Å². The average molecular weight is 351 g/mol. The molecule has 2 aliphatic rings. The first-order valence-electron chi connectivity index (χ1n) is 9.83. The number of nitrogens with one attached hydrogen (secondary N) is 1. The van der Waals surface area contributed by atoms with Crippen LogP contribution in [-0.2, 0) is 24.9 Å². The Hall–Kier alpha value is -1.84. The van der Waals surface area contributed by atoms with Crippen LogP contribution in [0.25, 0.3) is 0 Å². The fraction of sp³-hybridized carbons (Fsp3) is 0.478. The van der Waals surface area contributed by atoms with E-state index in [0.29, 0.717) is 0 Å². The number of methoxy groups -OCH3 is 1. The highest BCUT2D eigenvalue weighted by Gasteiger charge is 2.38. The molecule has 0 aliphatic heterocycles.